The van der Waals surface area contributed by atoms with Crippen molar-refractivity contribution in [1.29, 1.82) is 0 Å². The van der Waals surface area contributed by atoms with Gasteiger partial charge in [-0.25, -0.2) is 17.6 Å². The molecule has 4 unspecified atom stereocenters. The Morgan fingerprint density at radius 1 is 0.545 bits per heavy atom. The lowest BCUT2D eigenvalue weighted by Crippen LogP contribution is -2.14. The highest BCUT2D eigenvalue weighted by molar-refractivity contribution is 5.71. The molecule has 0 heterocycles. The minimum absolute atomic E-state index is 0.0894. The van der Waals surface area contributed by atoms with Crippen molar-refractivity contribution in [3.8, 4) is 22.3 Å². The predicted octanol–water partition coefficient (Wildman–Crippen LogP) is 13.5. The summed E-state index contributed by atoms with van der Waals surface area (Å²) >= 11 is 0. The van der Waals surface area contributed by atoms with Gasteiger partial charge >= 0.3 is 0 Å². The minimum Gasteiger partial charge on any atom is -0.203 e. The fraction of sp³-hybridized carbons (Fsp3) is 0.550. The van der Waals surface area contributed by atoms with Crippen LogP contribution in [-0.2, 0) is 6.42 Å². The maximum absolute atomic E-state index is 15.4. The van der Waals surface area contributed by atoms with Crippen molar-refractivity contribution >= 4 is 0 Å². The summed E-state index contributed by atoms with van der Waals surface area (Å²) in [7, 11) is 0. The van der Waals surface area contributed by atoms with Crippen LogP contribution < -0.4 is 0 Å². The van der Waals surface area contributed by atoms with Gasteiger partial charge in [-0.3, -0.25) is 0 Å². The molecule has 3 rings (SSSR count). The average Bonchev–Trinajstić information content (AvgIpc) is 3.03. The van der Waals surface area contributed by atoms with E-state index < -0.39 is 23.3 Å². The standard InChI is InChI=1S/C40H54F4/c1-7-11-12-14-33-23-24-35(39(43)37(33)41)31-19-21-32(22-20-31)36-26-25-34(38(42)40(36)44)28(6)16-18-30(10-4)27(5)15-17-29(9-3)13-8-2/h19-30H,7-18H2,1-6H3. The first-order valence-corrected chi connectivity index (χ1v) is 17.2. The lowest BCUT2D eigenvalue weighted by atomic mass is 9.80. The number of hydrogen-bond donors (Lipinski definition) is 0. The molecular weight excluding hydrogens is 556 g/mol. The van der Waals surface area contributed by atoms with Crippen LogP contribution in [0, 0.1) is 41.0 Å². The van der Waals surface area contributed by atoms with Gasteiger partial charge < -0.3 is 0 Å². The Morgan fingerprint density at radius 2 is 1.16 bits per heavy atom. The molecular formula is C40H54F4. The molecule has 0 spiro atoms. The summed E-state index contributed by atoms with van der Waals surface area (Å²) in [5.74, 6) is -1.41. The SMILES string of the molecule is CCCCCc1ccc(-c2ccc(-c3ccc(C(C)CCC(CC)C(C)CCC(CC)CCC)c(F)c3F)cc2)c(F)c1F. The zero-order valence-corrected chi connectivity index (χ0v) is 27.9. The number of aryl methyl sites for hydroxylation is 1. The van der Waals surface area contributed by atoms with E-state index in [1.165, 1.54) is 32.1 Å². The highest BCUT2D eigenvalue weighted by atomic mass is 19.2. The van der Waals surface area contributed by atoms with Gasteiger partial charge in [-0.15, -0.1) is 0 Å². The summed E-state index contributed by atoms with van der Waals surface area (Å²) in [6, 6.07) is 13.1. The van der Waals surface area contributed by atoms with Crippen molar-refractivity contribution < 1.29 is 17.6 Å². The maximum Gasteiger partial charge on any atom is 0.166 e. The summed E-state index contributed by atoms with van der Waals surface area (Å²) in [5, 5.41) is 0. The molecule has 242 valence electrons. The van der Waals surface area contributed by atoms with Gasteiger partial charge in [0.05, 0.1) is 0 Å². The van der Waals surface area contributed by atoms with Gasteiger partial charge in [-0.2, -0.15) is 0 Å². The Hall–Kier alpha value is -2.62. The first-order chi connectivity index (χ1) is 21.2. The summed E-state index contributed by atoms with van der Waals surface area (Å²) in [4.78, 5) is 0. The van der Waals surface area contributed by atoms with E-state index in [4.69, 9.17) is 0 Å². The van der Waals surface area contributed by atoms with E-state index in [-0.39, 0.29) is 17.0 Å². The third-order valence-corrected chi connectivity index (χ3v) is 9.97. The van der Waals surface area contributed by atoms with Crippen molar-refractivity contribution in [2.24, 2.45) is 17.8 Å². The van der Waals surface area contributed by atoms with Gasteiger partial charge in [0, 0.05) is 11.1 Å². The topological polar surface area (TPSA) is 0 Å². The monoisotopic (exact) mass is 610 g/mol. The number of hydrogen-bond acceptors (Lipinski definition) is 0. The highest BCUT2D eigenvalue weighted by Gasteiger charge is 2.22. The number of benzene rings is 3. The zero-order valence-electron chi connectivity index (χ0n) is 27.9. The van der Waals surface area contributed by atoms with E-state index in [0.29, 0.717) is 40.5 Å². The highest BCUT2D eigenvalue weighted by Crippen LogP contribution is 2.36. The second-order valence-corrected chi connectivity index (χ2v) is 13.0. The molecule has 0 aliphatic rings. The van der Waals surface area contributed by atoms with E-state index >= 15 is 8.78 Å². The Kier molecular flexibility index (Phi) is 14.5. The molecule has 0 fully saturated rings. The van der Waals surface area contributed by atoms with Crippen LogP contribution >= 0.6 is 0 Å². The molecule has 0 saturated heterocycles. The second-order valence-electron chi connectivity index (χ2n) is 13.0. The van der Waals surface area contributed by atoms with E-state index in [1.807, 2.05) is 6.92 Å². The third-order valence-electron chi connectivity index (χ3n) is 9.97. The second kappa shape index (κ2) is 17.8. The van der Waals surface area contributed by atoms with Crippen LogP contribution in [0.3, 0.4) is 0 Å². The Balaban J connectivity index is 1.68. The molecule has 0 amide bonds. The molecule has 4 atom stereocenters. The molecule has 3 aromatic rings. The summed E-state index contributed by atoms with van der Waals surface area (Å²) in [6.07, 6.45) is 12.5. The molecule has 0 saturated carbocycles. The molecule has 0 aliphatic carbocycles. The normalized spacial score (nSPS) is 14.4. The van der Waals surface area contributed by atoms with Gasteiger partial charge in [0.25, 0.3) is 0 Å². The van der Waals surface area contributed by atoms with Gasteiger partial charge in [0.2, 0.25) is 0 Å². The number of rotatable bonds is 18. The van der Waals surface area contributed by atoms with Crippen LogP contribution in [0.5, 0.6) is 0 Å². The lowest BCUT2D eigenvalue weighted by molar-refractivity contribution is 0.268. The zero-order chi connectivity index (χ0) is 32.2. The Bertz CT molecular complexity index is 1300. The average molecular weight is 611 g/mol. The van der Waals surface area contributed by atoms with Crippen LogP contribution in [-0.4, -0.2) is 0 Å². The van der Waals surface area contributed by atoms with E-state index in [2.05, 4.69) is 34.6 Å². The van der Waals surface area contributed by atoms with Crippen LogP contribution in [0.4, 0.5) is 17.6 Å². The number of halogens is 4. The van der Waals surface area contributed by atoms with Crippen molar-refractivity contribution in [3.63, 3.8) is 0 Å². The number of unbranched alkanes of at least 4 members (excludes halogenated alkanes) is 2. The Morgan fingerprint density at radius 3 is 1.73 bits per heavy atom. The van der Waals surface area contributed by atoms with Crippen molar-refractivity contribution in [1.82, 2.24) is 0 Å². The quantitative estimate of drug-likeness (QED) is 0.0993. The smallest absolute Gasteiger partial charge is 0.166 e. The third kappa shape index (κ3) is 9.21. The van der Waals surface area contributed by atoms with Crippen LogP contribution in [0.15, 0.2) is 48.5 Å². The van der Waals surface area contributed by atoms with Crippen molar-refractivity contribution in [2.75, 3.05) is 0 Å². The van der Waals surface area contributed by atoms with Crippen LogP contribution in [0.25, 0.3) is 22.3 Å². The van der Waals surface area contributed by atoms with E-state index in [0.717, 1.165) is 44.4 Å². The molecule has 0 nitrogen and oxygen atoms in total. The molecule has 3 aromatic carbocycles. The van der Waals surface area contributed by atoms with Gasteiger partial charge in [-0.1, -0.05) is 141 Å². The van der Waals surface area contributed by atoms with Crippen molar-refractivity contribution in [3.05, 3.63) is 82.9 Å². The van der Waals surface area contributed by atoms with Crippen LogP contribution in [0.1, 0.15) is 129 Å². The maximum atomic E-state index is 15.4. The molecule has 44 heavy (non-hydrogen) atoms. The minimum atomic E-state index is -0.872. The first kappa shape index (κ1) is 35.9. The summed E-state index contributed by atoms with van der Waals surface area (Å²) < 4.78 is 60.5. The van der Waals surface area contributed by atoms with E-state index in [9.17, 15) is 8.78 Å². The van der Waals surface area contributed by atoms with Gasteiger partial charge in [0.1, 0.15) is 0 Å². The fourth-order valence-electron chi connectivity index (χ4n) is 6.77. The largest absolute Gasteiger partial charge is 0.203 e. The van der Waals surface area contributed by atoms with E-state index in [1.54, 1.807) is 48.5 Å². The lowest BCUT2D eigenvalue weighted by Gasteiger charge is -2.26. The van der Waals surface area contributed by atoms with Crippen molar-refractivity contribution in [2.45, 2.75) is 125 Å². The molecule has 0 radical (unpaired) electrons. The first-order valence-electron chi connectivity index (χ1n) is 17.2. The fourth-order valence-corrected chi connectivity index (χ4v) is 6.77. The molecule has 0 N–H and O–H groups in total. The molecule has 0 aliphatic heterocycles. The molecule has 0 bridgehead atoms. The molecule has 0 aromatic heterocycles. The molecule has 4 heteroatoms. The van der Waals surface area contributed by atoms with Gasteiger partial charge in [0.15, 0.2) is 23.3 Å². The van der Waals surface area contributed by atoms with Crippen LogP contribution in [0.2, 0.25) is 0 Å². The summed E-state index contributed by atoms with van der Waals surface area (Å²) in [6.45, 7) is 13.2. The van der Waals surface area contributed by atoms with Gasteiger partial charge in [-0.05, 0) is 71.6 Å². The summed E-state index contributed by atoms with van der Waals surface area (Å²) in [5.41, 5.74) is 2.11. The Labute approximate surface area is 264 Å². The predicted molar refractivity (Wildman–Crippen MR) is 179 cm³/mol.